The molecule has 3 aromatic rings. The van der Waals surface area contributed by atoms with Gasteiger partial charge < -0.3 is 9.84 Å². The lowest BCUT2D eigenvalue weighted by atomic mass is 10.1. The summed E-state index contributed by atoms with van der Waals surface area (Å²) in [5.41, 5.74) is 2.11. The van der Waals surface area contributed by atoms with Gasteiger partial charge in [0.25, 0.3) is 0 Å². The van der Waals surface area contributed by atoms with E-state index < -0.39 is 27.5 Å². The van der Waals surface area contributed by atoms with E-state index in [0.29, 0.717) is 23.5 Å². The van der Waals surface area contributed by atoms with E-state index >= 15 is 0 Å². The van der Waals surface area contributed by atoms with Gasteiger partial charge in [-0.3, -0.25) is 4.79 Å². The van der Waals surface area contributed by atoms with Gasteiger partial charge in [0.2, 0.25) is 0 Å². The van der Waals surface area contributed by atoms with E-state index in [9.17, 15) is 18.3 Å². The van der Waals surface area contributed by atoms with Crippen LogP contribution in [0.1, 0.15) is 28.4 Å². The summed E-state index contributed by atoms with van der Waals surface area (Å²) in [5, 5.41) is 8.10. The summed E-state index contributed by atoms with van der Waals surface area (Å²) in [6.45, 7) is 0.424. The van der Waals surface area contributed by atoms with Gasteiger partial charge in [-0.05, 0) is 28.8 Å². The first-order chi connectivity index (χ1) is 13.9. The molecule has 3 rings (SSSR count). The number of sulfone groups is 1. The van der Waals surface area contributed by atoms with E-state index in [2.05, 4.69) is 0 Å². The Morgan fingerprint density at radius 1 is 0.828 bits per heavy atom. The zero-order valence-electron chi connectivity index (χ0n) is 15.8. The molecule has 0 radical (unpaired) electrons. The highest BCUT2D eigenvalue weighted by Gasteiger charge is 2.29. The first kappa shape index (κ1) is 20.6. The maximum absolute atomic E-state index is 12.9. The van der Waals surface area contributed by atoms with Crippen molar-refractivity contribution >= 4 is 15.8 Å². The van der Waals surface area contributed by atoms with E-state index in [1.54, 1.807) is 54.6 Å². The van der Waals surface area contributed by atoms with Gasteiger partial charge in [0, 0.05) is 0 Å². The van der Waals surface area contributed by atoms with Crippen molar-refractivity contribution < 1.29 is 23.1 Å². The maximum Gasteiger partial charge on any atom is 0.305 e. The van der Waals surface area contributed by atoms with Gasteiger partial charge in [-0.1, -0.05) is 72.8 Å². The monoisotopic (exact) mass is 410 g/mol. The molecule has 0 aliphatic carbocycles. The highest BCUT2D eigenvalue weighted by Crippen LogP contribution is 2.29. The van der Waals surface area contributed by atoms with Gasteiger partial charge in [-0.2, -0.15) is 0 Å². The Balaban J connectivity index is 1.70. The summed E-state index contributed by atoms with van der Waals surface area (Å²) in [6, 6.07) is 25.1. The zero-order valence-corrected chi connectivity index (χ0v) is 16.6. The average molecular weight is 410 g/mol. The molecule has 0 bridgehead atoms. The minimum Gasteiger partial charge on any atom is -0.489 e. The Kier molecular flexibility index (Phi) is 6.67. The number of carboxylic acids is 1. The normalized spacial score (nSPS) is 12.3. The molecule has 0 heterocycles. The summed E-state index contributed by atoms with van der Waals surface area (Å²) in [6.07, 6.45) is -0.468. The van der Waals surface area contributed by atoms with Crippen LogP contribution >= 0.6 is 0 Å². The Morgan fingerprint density at radius 2 is 1.41 bits per heavy atom. The molecule has 150 valence electrons. The van der Waals surface area contributed by atoms with E-state index in [-0.39, 0.29) is 5.75 Å². The molecule has 0 aromatic heterocycles. The zero-order chi connectivity index (χ0) is 20.7. The van der Waals surface area contributed by atoms with Crippen molar-refractivity contribution in [1.29, 1.82) is 0 Å². The van der Waals surface area contributed by atoms with E-state index in [1.165, 1.54) is 0 Å². The van der Waals surface area contributed by atoms with Crippen LogP contribution in [0.4, 0.5) is 0 Å². The summed E-state index contributed by atoms with van der Waals surface area (Å²) in [7, 11) is -3.71. The van der Waals surface area contributed by atoms with Crippen molar-refractivity contribution in [1.82, 2.24) is 0 Å². The number of rotatable bonds is 9. The molecule has 1 N–H and O–H groups in total. The van der Waals surface area contributed by atoms with Gasteiger partial charge >= 0.3 is 5.97 Å². The smallest absolute Gasteiger partial charge is 0.305 e. The van der Waals surface area contributed by atoms with Crippen molar-refractivity contribution in [2.45, 2.75) is 24.0 Å². The Bertz CT molecular complexity index is 1030. The number of aliphatic carboxylic acids is 1. The molecule has 0 spiro atoms. The lowest BCUT2D eigenvalue weighted by Gasteiger charge is -2.16. The number of hydrogen-bond donors (Lipinski definition) is 1. The number of hydrogen-bond acceptors (Lipinski definition) is 4. The third kappa shape index (κ3) is 5.93. The number of benzene rings is 3. The van der Waals surface area contributed by atoms with Crippen LogP contribution in [0.15, 0.2) is 84.9 Å². The van der Waals surface area contributed by atoms with Crippen LogP contribution in [0.2, 0.25) is 0 Å². The van der Waals surface area contributed by atoms with Crippen LogP contribution in [0.3, 0.4) is 0 Å². The second kappa shape index (κ2) is 9.39. The fourth-order valence-corrected chi connectivity index (χ4v) is 4.86. The molecule has 0 aliphatic rings. The fraction of sp³-hybridized carbons (Fsp3) is 0.174. The Hall–Kier alpha value is -3.12. The van der Waals surface area contributed by atoms with E-state index in [1.807, 2.05) is 30.3 Å². The van der Waals surface area contributed by atoms with E-state index in [4.69, 9.17) is 4.74 Å². The van der Waals surface area contributed by atoms with E-state index in [0.717, 1.165) is 5.56 Å². The summed E-state index contributed by atoms with van der Waals surface area (Å²) >= 11 is 0. The summed E-state index contributed by atoms with van der Waals surface area (Å²) < 4.78 is 31.6. The molecule has 0 fully saturated rings. The highest BCUT2D eigenvalue weighted by molar-refractivity contribution is 7.90. The second-order valence-corrected chi connectivity index (χ2v) is 8.91. The minimum absolute atomic E-state index is 0.237. The first-order valence-corrected chi connectivity index (χ1v) is 10.9. The number of ether oxygens (including phenoxy) is 1. The molecule has 1 atom stereocenters. The number of carboxylic acid groups (broad SMARTS) is 1. The number of carbonyl (C=O) groups is 1. The maximum atomic E-state index is 12.9. The van der Waals surface area contributed by atoms with Crippen LogP contribution in [0.5, 0.6) is 5.75 Å². The van der Waals surface area contributed by atoms with Gasteiger partial charge in [0.1, 0.15) is 12.4 Å². The molecule has 29 heavy (non-hydrogen) atoms. The molecule has 0 unspecified atom stereocenters. The van der Waals surface area contributed by atoms with Crippen molar-refractivity contribution in [3.05, 3.63) is 102 Å². The standard InChI is InChI=1S/C23H22O5S/c24-23(25)15-22(20-9-5-2-6-10-20)29(26,27)17-19-11-13-21(14-12-19)28-16-18-7-3-1-4-8-18/h1-14,22H,15-17H2,(H,24,25)/t22-/m1/s1. The third-order valence-corrected chi connectivity index (χ3v) is 6.55. The van der Waals surface area contributed by atoms with Crippen LogP contribution in [-0.4, -0.2) is 19.5 Å². The van der Waals surface area contributed by atoms with Gasteiger partial charge in [-0.25, -0.2) is 8.42 Å². The van der Waals surface area contributed by atoms with Crippen molar-refractivity contribution in [2.24, 2.45) is 0 Å². The largest absolute Gasteiger partial charge is 0.489 e. The summed E-state index contributed by atoms with van der Waals surface area (Å²) in [4.78, 5) is 11.2. The highest BCUT2D eigenvalue weighted by atomic mass is 32.2. The van der Waals surface area contributed by atoms with Gasteiger partial charge in [0.05, 0.1) is 17.4 Å². The second-order valence-electron chi connectivity index (χ2n) is 6.72. The molecule has 0 amide bonds. The molecular weight excluding hydrogens is 388 g/mol. The first-order valence-electron chi connectivity index (χ1n) is 9.18. The predicted octanol–water partition coefficient (Wildman–Crippen LogP) is 4.40. The molecule has 0 saturated heterocycles. The minimum atomic E-state index is -3.71. The van der Waals surface area contributed by atoms with Gasteiger partial charge in [-0.15, -0.1) is 0 Å². The van der Waals surface area contributed by atoms with Gasteiger partial charge in [0.15, 0.2) is 9.84 Å². The lowest BCUT2D eigenvalue weighted by Crippen LogP contribution is -2.19. The fourth-order valence-electron chi connectivity index (χ4n) is 3.03. The molecular formula is C23H22O5S. The topological polar surface area (TPSA) is 80.7 Å². The lowest BCUT2D eigenvalue weighted by molar-refractivity contribution is -0.137. The average Bonchev–Trinajstić information content (AvgIpc) is 2.72. The molecule has 6 heteroatoms. The SMILES string of the molecule is O=C(O)C[C@H](c1ccccc1)S(=O)(=O)Cc1ccc(OCc2ccccc2)cc1. The van der Waals surface area contributed by atoms with Crippen LogP contribution in [0, 0.1) is 0 Å². The molecule has 0 saturated carbocycles. The molecule has 3 aromatic carbocycles. The van der Waals surface area contributed by atoms with Crippen molar-refractivity contribution in [3.63, 3.8) is 0 Å². The molecule has 5 nitrogen and oxygen atoms in total. The summed E-state index contributed by atoms with van der Waals surface area (Å²) in [5.74, 6) is -0.744. The van der Waals surface area contributed by atoms with Crippen molar-refractivity contribution in [3.8, 4) is 5.75 Å². The van der Waals surface area contributed by atoms with Crippen LogP contribution < -0.4 is 4.74 Å². The molecule has 0 aliphatic heterocycles. The Labute approximate surface area is 170 Å². The van der Waals surface area contributed by atoms with Crippen LogP contribution in [-0.2, 0) is 27.0 Å². The quantitative estimate of drug-likeness (QED) is 0.566. The van der Waals surface area contributed by atoms with Crippen LogP contribution in [0.25, 0.3) is 0 Å². The van der Waals surface area contributed by atoms with Crippen molar-refractivity contribution in [2.75, 3.05) is 0 Å². The predicted molar refractivity (Wildman–Crippen MR) is 111 cm³/mol. The third-order valence-electron chi connectivity index (χ3n) is 4.50. The Morgan fingerprint density at radius 3 is 2.00 bits per heavy atom.